The number of hydrogen-bond acceptors (Lipinski definition) is 5. The average molecular weight is 429 g/mol. The smallest absolute Gasteiger partial charge is 0.267 e. The first-order valence-corrected chi connectivity index (χ1v) is 11.2. The number of likely N-dealkylation sites (N-methyl/N-ethyl adjacent to an activating group) is 1. The predicted molar refractivity (Wildman–Crippen MR) is 112 cm³/mol. The van der Waals surface area contributed by atoms with Crippen molar-refractivity contribution in [3.63, 3.8) is 0 Å². The van der Waals surface area contributed by atoms with Gasteiger partial charge in [0.15, 0.2) is 6.10 Å². The van der Waals surface area contributed by atoms with E-state index in [4.69, 9.17) is 4.74 Å². The number of amides is 2. The highest BCUT2D eigenvalue weighted by molar-refractivity contribution is 7.89. The first-order valence-electron chi connectivity index (χ1n) is 9.77. The highest BCUT2D eigenvalue weighted by Crippen LogP contribution is 2.35. The van der Waals surface area contributed by atoms with Gasteiger partial charge in [-0.05, 0) is 56.2 Å². The van der Waals surface area contributed by atoms with Gasteiger partial charge in [0.25, 0.3) is 11.8 Å². The number of carbonyl (C=O) groups is 2. The lowest BCUT2D eigenvalue weighted by Crippen LogP contribution is -2.41. The van der Waals surface area contributed by atoms with E-state index in [9.17, 15) is 18.0 Å². The Kier molecular flexibility index (Phi) is 5.25. The van der Waals surface area contributed by atoms with Gasteiger partial charge in [-0.25, -0.2) is 8.42 Å². The molecule has 0 aliphatic carbocycles. The standard InChI is InChI=1S/C21H23N3O5S/c1-14-21(26)23(2)18-10-7-16(13-19(18)29-14)22-20(25)15-5-8-17(9-6-15)30(27,28)24-11-3-4-12-24/h5-10,13-14H,3-4,11-12H2,1-2H3,(H,22,25). The van der Waals surface area contributed by atoms with Crippen molar-refractivity contribution >= 4 is 33.2 Å². The van der Waals surface area contributed by atoms with E-state index < -0.39 is 16.1 Å². The van der Waals surface area contributed by atoms with Crippen molar-refractivity contribution in [1.82, 2.24) is 4.31 Å². The van der Waals surface area contributed by atoms with Gasteiger partial charge in [-0.1, -0.05) is 0 Å². The normalized spacial score (nSPS) is 19.3. The van der Waals surface area contributed by atoms with E-state index in [0.29, 0.717) is 35.8 Å². The van der Waals surface area contributed by atoms with E-state index >= 15 is 0 Å². The molecule has 30 heavy (non-hydrogen) atoms. The Morgan fingerprint density at radius 3 is 2.43 bits per heavy atom. The molecule has 4 rings (SSSR count). The number of nitrogens with one attached hydrogen (secondary N) is 1. The van der Waals surface area contributed by atoms with Crippen LogP contribution in [0.1, 0.15) is 30.1 Å². The summed E-state index contributed by atoms with van der Waals surface area (Å²) in [5.41, 5.74) is 1.49. The Bertz CT molecular complexity index is 1090. The Morgan fingerprint density at radius 2 is 1.77 bits per heavy atom. The number of carbonyl (C=O) groups excluding carboxylic acids is 2. The fourth-order valence-electron chi connectivity index (χ4n) is 3.65. The van der Waals surface area contributed by atoms with Crippen LogP contribution in [-0.2, 0) is 14.8 Å². The van der Waals surface area contributed by atoms with E-state index in [2.05, 4.69) is 5.32 Å². The van der Waals surface area contributed by atoms with Crippen LogP contribution < -0.4 is 15.0 Å². The van der Waals surface area contributed by atoms with Crippen LogP contribution in [0.5, 0.6) is 5.75 Å². The zero-order chi connectivity index (χ0) is 21.5. The van der Waals surface area contributed by atoms with E-state index in [0.717, 1.165) is 12.8 Å². The zero-order valence-corrected chi connectivity index (χ0v) is 17.6. The molecule has 0 saturated carbocycles. The van der Waals surface area contributed by atoms with Gasteiger partial charge in [0, 0.05) is 37.5 Å². The van der Waals surface area contributed by atoms with Gasteiger partial charge in [-0.15, -0.1) is 0 Å². The molecule has 2 aromatic rings. The van der Waals surface area contributed by atoms with Crippen molar-refractivity contribution < 1.29 is 22.7 Å². The zero-order valence-electron chi connectivity index (χ0n) is 16.8. The lowest BCUT2D eigenvalue weighted by molar-refractivity contribution is -0.125. The molecule has 0 spiro atoms. The fourth-order valence-corrected chi connectivity index (χ4v) is 5.17. The summed E-state index contributed by atoms with van der Waals surface area (Å²) in [7, 11) is -1.84. The third-order valence-electron chi connectivity index (χ3n) is 5.38. The molecule has 158 valence electrons. The molecule has 1 atom stereocenters. The highest BCUT2D eigenvalue weighted by atomic mass is 32.2. The Morgan fingerprint density at radius 1 is 1.10 bits per heavy atom. The van der Waals surface area contributed by atoms with Crippen LogP contribution in [0.15, 0.2) is 47.4 Å². The molecule has 9 heteroatoms. The summed E-state index contributed by atoms with van der Waals surface area (Å²) in [6, 6.07) is 11.0. The summed E-state index contributed by atoms with van der Waals surface area (Å²) in [5, 5.41) is 2.78. The quantitative estimate of drug-likeness (QED) is 0.806. The van der Waals surface area contributed by atoms with Crippen LogP contribution >= 0.6 is 0 Å². The number of fused-ring (bicyclic) bond motifs is 1. The van der Waals surface area contributed by atoms with Crippen LogP contribution in [-0.4, -0.2) is 50.8 Å². The third-order valence-corrected chi connectivity index (χ3v) is 7.29. The van der Waals surface area contributed by atoms with Crippen molar-refractivity contribution in [2.75, 3.05) is 30.4 Å². The fraction of sp³-hybridized carbons (Fsp3) is 0.333. The lowest BCUT2D eigenvalue weighted by atomic mass is 10.1. The van der Waals surface area contributed by atoms with Crippen LogP contribution in [0.3, 0.4) is 0 Å². The molecule has 2 aromatic carbocycles. The second kappa shape index (κ2) is 7.73. The topological polar surface area (TPSA) is 96.0 Å². The number of nitrogens with zero attached hydrogens (tertiary/aromatic N) is 2. The maximum absolute atomic E-state index is 12.6. The van der Waals surface area contributed by atoms with Crippen molar-refractivity contribution in [1.29, 1.82) is 0 Å². The lowest BCUT2D eigenvalue weighted by Gasteiger charge is -2.30. The van der Waals surface area contributed by atoms with E-state index in [1.807, 2.05) is 0 Å². The SMILES string of the molecule is CC1Oc2cc(NC(=O)c3ccc(S(=O)(=O)N4CCCC4)cc3)ccc2N(C)C1=O. The maximum atomic E-state index is 12.6. The summed E-state index contributed by atoms with van der Waals surface area (Å²) < 4.78 is 32.3. The van der Waals surface area contributed by atoms with E-state index in [1.54, 1.807) is 32.2 Å². The Hall–Kier alpha value is -2.91. The second-order valence-corrected chi connectivity index (χ2v) is 9.37. The molecule has 0 radical (unpaired) electrons. The maximum Gasteiger partial charge on any atom is 0.267 e. The van der Waals surface area contributed by atoms with Crippen LogP contribution in [0, 0.1) is 0 Å². The number of ether oxygens (including phenoxy) is 1. The van der Waals surface area contributed by atoms with Gasteiger partial charge in [0.2, 0.25) is 10.0 Å². The Labute approximate surface area is 175 Å². The highest BCUT2D eigenvalue weighted by Gasteiger charge is 2.29. The van der Waals surface area contributed by atoms with E-state index in [-0.39, 0.29) is 16.7 Å². The summed E-state index contributed by atoms with van der Waals surface area (Å²) in [6.07, 6.45) is 1.14. The molecule has 8 nitrogen and oxygen atoms in total. The molecule has 1 N–H and O–H groups in total. The second-order valence-electron chi connectivity index (χ2n) is 7.43. The molecule has 1 unspecified atom stereocenters. The molecule has 2 aliphatic heterocycles. The van der Waals surface area contributed by atoms with Crippen molar-refractivity contribution in [3.05, 3.63) is 48.0 Å². The summed E-state index contributed by atoms with van der Waals surface area (Å²) in [4.78, 5) is 26.3. The average Bonchev–Trinajstić information content (AvgIpc) is 3.28. The molecular formula is C21H23N3O5S. The largest absolute Gasteiger partial charge is 0.479 e. The summed E-state index contributed by atoms with van der Waals surface area (Å²) in [5.74, 6) is 0.00562. The van der Waals surface area contributed by atoms with Crippen LogP contribution in [0.2, 0.25) is 0 Å². The first-order chi connectivity index (χ1) is 14.3. The predicted octanol–water partition coefficient (Wildman–Crippen LogP) is 2.47. The van der Waals surface area contributed by atoms with Gasteiger partial charge in [0.1, 0.15) is 5.75 Å². The van der Waals surface area contributed by atoms with Crippen molar-refractivity contribution in [3.8, 4) is 5.75 Å². The minimum atomic E-state index is -3.51. The minimum absolute atomic E-state index is 0.136. The monoisotopic (exact) mass is 429 g/mol. The molecule has 2 heterocycles. The van der Waals surface area contributed by atoms with Gasteiger partial charge >= 0.3 is 0 Å². The van der Waals surface area contributed by atoms with Crippen molar-refractivity contribution in [2.24, 2.45) is 0 Å². The van der Waals surface area contributed by atoms with Crippen LogP contribution in [0.4, 0.5) is 11.4 Å². The summed E-state index contributed by atoms with van der Waals surface area (Å²) >= 11 is 0. The summed E-state index contributed by atoms with van der Waals surface area (Å²) in [6.45, 7) is 2.74. The minimum Gasteiger partial charge on any atom is -0.479 e. The molecule has 2 amide bonds. The van der Waals surface area contributed by atoms with Gasteiger partial charge < -0.3 is 15.0 Å². The molecule has 0 aromatic heterocycles. The van der Waals surface area contributed by atoms with Crippen molar-refractivity contribution in [2.45, 2.75) is 30.8 Å². The van der Waals surface area contributed by atoms with Gasteiger partial charge in [-0.3, -0.25) is 9.59 Å². The molecule has 1 saturated heterocycles. The number of benzene rings is 2. The Balaban J connectivity index is 1.49. The van der Waals surface area contributed by atoms with E-state index in [1.165, 1.54) is 33.5 Å². The number of hydrogen-bond donors (Lipinski definition) is 1. The number of sulfonamides is 1. The van der Waals surface area contributed by atoms with Crippen LogP contribution in [0.25, 0.3) is 0 Å². The molecule has 2 aliphatic rings. The molecule has 1 fully saturated rings. The number of rotatable bonds is 4. The van der Waals surface area contributed by atoms with Gasteiger partial charge in [0.05, 0.1) is 10.6 Å². The third kappa shape index (κ3) is 3.66. The first kappa shape index (κ1) is 20.4. The molecular weight excluding hydrogens is 406 g/mol. The molecule has 0 bridgehead atoms. The number of anilines is 2. The van der Waals surface area contributed by atoms with Gasteiger partial charge in [-0.2, -0.15) is 4.31 Å².